The van der Waals surface area contributed by atoms with Gasteiger partial charge in [0.25, 0.3) is 0 Å². The predicted molar refractivity (Wildman–Crippen MR) is 86.3 cm³/mol. The molecule has 0 saturated heterocycles. The molecule has 2 aromatic heterocycles. The van der Waals surface area contributed by atoms with Gasteiger partial charge in [-0.1, -0.05) is 26.0 Å². The summed E-state index contributed by atoms with van der Waals surface area (Å²) in [5.74, 6) is 1.04. The van der Waals surface area contributed by atoms with Crippen LogP contribution in [0.5, 0.6) is 0 Å². The zero-order chi connectivity index (χ0) is 15.3. The topological polar surface area (TPSA) is 76.2 Å². The molecule has 2 rings (SSSR count). The Hall–Kier alpha value is -2.43. The molecule has 0 fully saturated rings. The number of anilines is 1. The highest BCUT2D eigenvalue weighted by Gasteiger charge is 2.23. The van der Waals surface area contributed by atoms with Crippen LogP contribution >= 0.6 is 0 Å². The van der Waals surface area contributed by atoms with Gasteiger partial charge in [0.1, 0.15) is 5.82 Å². The van der Waals surface area contributed by atoms with Crippen molar-refractivity contribution in [3.8, 4) is 0 Å². The Morgan fingerprint density at radius 2 is 1.95 bits per heavy atom. The van der Waals surface area contributed by atoms with Crippen LogP contribution in [0, 0.1) is 6.92 Å². The van der Waals surface area contributed by atoms with Crippen molar-refractivity contribution in [2.75, 3.05) is 11.9 Å². The fourth-order valence-corrected chi connectivity index (χ4v) is 2.16. The predicted octanol–water partition coefficient (Wildman–Crippen LogP) is 2.49. The maximum atomic E-state index is 5.91. The third kappa shape index (κ3) is 4.02. The molecule has 0 aliphatic heterocycles. The average molecular weight is 283 g/mol. The molecule has 5 heteroatoms. The lowest BCUT2D eigenvalue weighted by Gasteiger charge is -2.23. The Balaban J connectivity index is 2.07. The quantitative estimate of drug-likeness (QED) is 0.667. The lowest BCUT2D eigenvalue weighted by atomic mass is 9.86. The lowest BCUT2D eigenvalue weighted by molar-refractivity contribution is 0.519. The summed E-state index contributed by atoms with van der Waals surface area (Å²) in [7, 11) is 0. The number of guanidine groups is 1. The van der Waals surface area contributed by atoms with E-state index in [0.29, 0.717) is 18.3 Å². The lowest BCUT2D eigenvalue weighted by Crippen LogP contribution is -2.29. The molecule has 0 unspecified atom stereocenters. The molecule has 2 heterocycles. The smallest absolute Gasteiger partial charge is 0.194 e. The van der Waals surface area contributed by atoms with E-state index in [4.69, 9.17) is 5.73 Å². The van der Waals surface area contributed by atoms with Gasteiger partial charge in [-0.25, -0.2) is 4.98 Å². The van der Waals surface area contributed by atoms with Crippen molar-refractivity contribution in [1.29, 1.82) is 0 Å². The second-order valence-electron chi connectivity index (χ2n) is 5.59. The van der Waals surface area contributed by atoms with Crippen molar-refractivity contribution in [1.82, 2.24) is 9.97 Å². The number of aryl methyl sites for hydroxylation is 1. The normalized spacial score (nSPS) is 12.2. The van der Waals surface area contributed by atoms with E-state index in [9.17, 15) is 0 Å². The molecule has 3 N–H and O–H groups in total. The SMILES string of the molecule is Cc1cccnc1C(C)(C)CN=C(N)Nc1ccccn1. The molecule has 2 aromatic rings. The monoisotopic (exact) mass is 283 g/mol. The van der Waals surface area contributed by atoms with E-state index < -0.39 is 0 Å². The Morgan fingerprint density at radius 1 is 1.19 bits per heavy atom. The molecule has 0 aliphatic rings. The van der Waals surface area contributed by atoms with E-state index in [1.165, 1.54) is 0 Å². The van der Waals surface area contributed by atoms with Gasteiger partial charge in [0.2, 0.25) is 0 Å². The van der Waals surface area contributed by atoms with Crippen LogP contribution in [0.25, 0.3) is 0 Å². The highest BCUT2D eigenvalue weighted by Crippen LogP contribution is 2.24. The van der Waals surface area contributed by atoms with Crippen LogP contribution in [0.2, 0.25) is 0 Å². The highest BCUT2D eigenvalue weighted by molar-refractivity contribution is 5.91. The number of nitrogens with zero attached hydrogens (tertiary/aromatic N) is 3. The van der Waals surface area contributed by atoms with E-state index in [1.807, 2.05) is 30.5 Å². The minimum absolute atomic E-state index is 0.179. The van der Waals surface area contributed by atoms with Gasteiger partial charge in [-0.3, -0.25) is 9.98 Å². The number of aliphatic imine (C=N–C) groups is 1. The van der Waals surface area contributed by atoms with Crippen molar-refractivity contribution >= 4 is 11.8 Å². The van der Waals surface area contributed by atoms with Gasteiger partial charge in [0, 0.05) is 17.8 Å². The Morgan fingerprint density at radius 3 is 2.62 bits per heavy atom. The number of hydrogen-bond acceptors (Lipinski definition) is 3. The summed E-state index contributed by atoms with van der Waals surface area (Å²) in [4.78, 5) is 13.0. The summed E-state index contributed by atoms with van der Waals surface area (Å²) >= 11 is 0. The molecule has 0 aromatic carbocycles. The third-order valence-corrected chi connectivity index (χ3v) is 3.22. The van der Waals surface area contributed by atoms with Crippen LogP contribution in [-0.4, -0.2) is 22.5 Å². The van der Waals surface area contributed by atoms with Gasteiger partial charge in [-0.2, -0.15) is 0 Å². The zero-order valence-electron chi connectivity index (χ0n) is 12.7. The molecular formula is C16H21N5. The maximum absolute atomic E-state index is 5.91. The van der Waals surface area contributed by atoms with E-state index in [0.717, 1.165) is 11.3 Å². The Kier molecular flexibility index (Phi) is 4.52. The number of nitrogens with two attached hydrogens (primary N) is 1. The number of hydrogen-bond donors (Lipinski definition) is 2. The van der Waals surface area contributed by atoms with Gasteiger partial charge >= 0.3 is 0 Å². The average Bonchev–Trinajstić information content (AvgIpc) is 2.47. The number of pyridine rings is 2. The summed E-state index contributed by atoms with van der Waals surface area (Å²) in [6.07, 6.45) is 3.51. The summed E-state index contributed by atoms with van der Waals surface area (Å²) < 4.78 is 0. The van der Waals surface area contributed by atoms with Gasteiger partial charge in [0.05, 0.1) is 12.2 Å². The van der Waals surface area contributed by atoms with E-state index in [2.05, 4.69) is 47.1 Å². The van der Waals surface area contributed by atoms with Gasteiger partial charge in [0.15, 0.2) is 5.96 Å². The maximum Gasteiger partial charge on any atom is 0.194 e. The standard InChI is InChI=1S/C16H21N5/c1-12-7-6-10-19-14(12)16(2,3)11-20-15(17)21-13-8-4-5-9-18-13/h4-10H,11H2,1-3H3,(H3,17,18,20,21). The van der Waals surface area contributed by atoms with Gasteiger partial charge < -0.3 is 11.1 Å². The van der Waals surface area contributed by atoms with Crippen LogP contribution in [0.4, 0.5) is 5.82 Å². The molecule has 110 valence electrons. The number of aromatic nitrogens is 2. The second-order valence-corrected chi connectivity index (χ2v) is 5.59. The summed E-state index contributed by atoms with van der Waals surface area (Å²) in [6.45, 7) is 6.83. The Bertz CT molecular complexity index is 620. The molecule has 0 bridgehead atoms. The highest BCUT2D eigenvalue weighted by atomic mass is 15.1. The fourth-order valence-electron chi connectivity index (χ4n) is 2.16. The first kappa shape index (κ1) is 15.0. The summed E-state index contributed by atoms with van der Waals surface area (Å²) in [5.41, 5.74) is 7.93. The molecule has 0 spiro atoms. The molecular weight excluding hydrogens is 262 g/mol. The third-order valence-electron chi connectivity index (χ3n) is 3.22. The first-order valence-corrected chi connectivity index (χ1v) is 6.89. The van der Waals surface area contributed by atoms with Crippen LogP contribution in [-0.2, 0) is 5.41 Å². The minimum atomic E-state index is -0.179. The van der Waals surface area contributed by atoms with Crippen LogP contribution in [0.1, 0.15) is 25.1 Å². The van der Waals surface area contributed by atoms with Gasteiger partial charge in [-0.05, 0) is 30.7 Å². The fraction of sp³-hybridized carbons (Fsp3) is 0.312. The van der Waals surface area contributed by atoms with Crippen LogP contribution in [0.15, 0.2) is 47.7 Å². The summed E-state index contributed by atoms with van der Waals surface area (Å²) in [6, 6.07) is 9.59. The van der Waals surface area contributed by atoms with Crippen molar-refractivity contribution < 1.29 is 0 Å². The molecule has 0 aliphatic carbocycles. The van der Waals surface area contributed by atoms with Crippen LogP contribution in [0.3, 0.4) is 0 Å². The molecule has 0 saturated carbocycles. The van der Waals surface area contributed by atoms with E-state index in [1.54, 1.807) is 6.20 Å². The van der Waals surface area contributed by atoms with E-state index in [-0.39, 0.29) is 5.41 Å². The number of rotatable bonds is 4. The first-order valence-electron chi connectivity index (χ1n) is 6.89. The largest absolute Gasteiger partial charge is 0.370 e. The second kappa shape index (κ2) is 6.35. The molecule has 0 atom stereocenters. The van der Waals surface area contributed by atoms with Crippen molar-refractivity contribution in [2.45, 2.75) is 26.2 Å². The molecule has 21 heavy (non-hydrogen) atoms. The van der Waals surface area contributed by atoms with Crippen molar-refractivity contribution in [3.63, 3.8) is 0 Å². The Labute approximate surface area is 125 Å². The zero-order valence-corrected chi connectivity index (χ0v) is 12.7. The summed E-state index contributed by atoms with van der Waals surface area (Å²) in [5, 5.41) is 2.98. The number of nitrogens with one attached hydrogen (secondary N) is 1. The molecule has 0 amide bonds. The molecule has 0 radical (unpaired) electrons. The van der Waals surface area contributed by atoms with Crippen molar-refractivity contribution in [3.05, 3.63) is 54.0 Å². The van der Waals surface area contributed by atoms with Crippen molar-refractivity contribution in [2.24, 2.45) is 10.7 Å². The van der Waals surface area contributed by atoms with Crippen LogP contribution < -0.4 is 11.1 Å². The minimum Gasteiger partial charge on any atom is -0.370 e. The molecule has 5 nitrogen and oxygen atoms in total. The van der Waals surface area contributed by atoms with Gasteiger partial charge in [-0.15, -0.1) is 0 Å². The first-order chi connectivity index (χ1) is 9.99. The van der Waals surface area contributed by atoms with E-state index >= 15 is 0 Å².